The Morgan fingerprint density at radius 3 is 2.83 bits per heavy atom. The molecule has 0 unspecified atom stereocenters. The van der Waals surface area contributed by atoms with Gasteiger partial charge in [0.2, 0.25) is 5.91 Å². The lowest BCUT2D eigenvalue weighted by atomic mass is 10.2. The quantitative estimate of drug-likeness (QED) is 0.848. The predicted molar refractivity (Wildman–Crippen MR) is 71.5 cm³/mol. The molecule has 1 atom stereocenters. The van der Waals surface area contributed by atoms with Gasteiger partial charge in [0, 0.05) is 5.75 Å². The van der Waals surface area contributed by atoms with Gasteiger partial charge in [0.15, 0.2) is 0 Å². The lowest BCUT2D eigenvalue weighted by molar-refractivity contribution is -0.119. The highest BCUT2D eigenvalue weighted by atomic mass is 32.2. The molecule has 3 amide bonds. The molecule has 6 heteroatoms. The number of benzene rings is 1. The second-order valence-electron chi connectivity index (χ2n) is 3.66. The van der Waals surface area contributed by atoms with Gasteiger partial charge < -0.3 is 10.5 Å². The van der Waals surface area contributed by atoms with Gasteiger partial charge in [-0.15, -0.1) is 11.8 Å². The molecular formula is C12H16N2O3S. The van der Waals surface area contributed by atoms with Crippen molar-refractivity contribution >= 4 is 23.7 Å². The van der Waals surface area contributed by atoms with E-state index in [1.165, 1.54) is 11.8 Å². The largest absolute Gasteiger partial charge is 0.497 e. The van der Waals surface area contributed by atoms with Crippen LogP contribution in [0.15, 0.2) is 24.3 Å². The van der Waals surface area contributed by atoms with Crippen LogP contribution in [-0.2, 0) is 10.5 Å². The van der Waals surface area contributed by atoms with Crippen molar-refractivity contribution in [1.29, 1.82) is 0 Å². The topological polar surface area (TPSA) is 81.4 Å². The second-order valence-corrected chi connectivity index (χ2v) is 4.99. The molecule has 1 rings (SSSR count). The Hall–Kier alpha value is -1.69. The highest BCUT2D eigenvalue weighted by Crippen LogP contribution is 2.20. The third kappa shape index (κ3) is 4.67. The van der Waals surface area contributed by atoms with Crippen molar-refractivity contribution in [2.24, 2.45) is 5.73 Å². The second kappa shape index (κ2) is 6.90. The SMILES string of the molecule is COc1cccc(CS[C@H](C)C(=O)NC(N)=O)c1. The highest BCUT2D eigenvalue weighted by Gasteiger charge is 2.14. The van der Waals surface area contributed by atoms with Gasteiger partial charge in [0.1, 0.15) is 5.75 Å². The number of nitrogens with one attached hydrogen (secondary N) is 1. The predicted octanol–water partition coefficient (Wildman–Crippen LogP) is 1.51. The Labute approximate surface area is 110 Å². The first-order valence-corrected chi connectivity index (χ1v) is 6.42. The number of hydrogen-bond donors (Lipinski definition) is 2. The molecule has 0 aliphatic heterocycles. The van der Waals surface area contributed by atoms with Gasteiger partial charge in [-0.1, -0.05) is 12.1 Å². The minimum Gasteiger partial charge on any atom is -0.497 e. The summed E-state index contributed by atoms with van der Waals surface area (Å²) in [6.07, 6.45) is 0. The summed E-state index contributed by atoms with van der Waals surface area (Å²) in [5.41, 5.74) is 5.93. The number of amides is 3. The molecule has 0 heterocycles. The van der Waals surface area contributed by atoms with Gasteiger partial charge in [0.25, 0.3) is 0 Å². The zero-order valence-corrected chi connectivity index (χ0v) is 11.1. The number of hydrogen-bond acceptors (Lipinski definition) is 4. The molecule has 1 aromatic rings. The first kappa shape index (κ1) is 14.4. The Morgan fingerprint density at radius 2 is 2.22 bits per heavy atom. The van der Waals surface area contributed by atoms with E-state index < -0.39 is 6.03 Å². The third-order valence-corrected chi connectivity index (χ3v) is 3.46. The van der Waals surface area contributed by atoms with Gasteiger partial charge in [-0.05, 0) is 24.6 Å². The van der Waals surface area contributed by atoms with Crippen molar-refractivity contribution in [2.75, 3.05) is 7.11 Å². The lowest BCUT2D eigenvalue weighted by Crippen LogP contribution is -2.39. The van der Waals surface area contributed by atoms with Crippen LogP contribution >= 0.6 is 11.8 Å². The summed E-state index contributed by atoms with van der Waals surface area (Å²) in [6.45, 7) is 1.73. The summed E-state index contributed by atoms with van der Waals surface area (Å²) in [4.78, 5) is 22.0. The number of urea groups is 1. The van der Waals surface area contributed by atoms with E-state index in [0.29, 0.717) is 5.75 Å². The Bertz CT molecular complexity index is 437. The number of rotatable bonds is 5. The number of carbonyl (C=O) groups is 2. The molecule has 98 valence electrons. The average Bonchev–Trinajstić information content (AvgIpc) is 2.35. The van der Waals surface area contributed by atoms with Crippen molar-refractivity contribution in [3.63, 3.8) is 0 Å². The van der Waals surface area contributed by atoms with E-state index in [9.17, 15) is 9.59 Å². The van der Waals surface area contributed by atoms with Crippen LogP contribution in [0.5, 0.6) is 5.75 Å². The number of primary amides is 1. The fraction of sp³-hybridized carbons (Fsp3) is 0.333. The zero-order chi connectivity index (χ0) is 13.5. The fourth-order valence-electron chi connectivity index (χ4n) is 1.28. The number of imide groups is 1. The summed E-state index contributed by atoms with van der Waals surface area (Å²) in [5.74, 6) is 1.06. The molecular weight excluding hydrogens is 252 g/mol. The normalized spacial score (nSPS) is 11.7. The van der Waals surface area contributed by atoms with Crippen molar-refractivity contribution in [3.8, 4) is 5.75 Å². The zero-order valence-electron chi connectivity index (χ0n) is 10.3. The van der Waals surface area contributed by atoms with E-state index >= 15 is 0 Å². The number of carbonyl (C=O) groups excluding carboxylic acids is 2. The summed E-state index contributed by atoms with van der Waals surface area (Å²) >= 11 is 1.42. The molecule has 0 saturated carbocycles. The Balaban J connectivity index is 2.48. The van der Waals surface area contributed by atoms with Crippen LogP contribution in [0.2, 0.25) is 0 Å². The number of nitrogens with two attached hydrogens (primary N) is 1. The van der Waals surface area contributed by atoms with E-state index in [4.69, 9.17) is 10.5 Å². The lowest BCUT2D eigenvalue weighted by Gasteiger charge is -2.10. The molecule has 0 spiro atoms. The molecule has 1 aromatic carbocycles. The highest BCUT2D eigenvalue weighted by molar-refractivity contribution is 7.99. The van der Waals surface area contributed by atoms with Crippen molar-refractivity contribution in [3.05, 3.63) is 29.8 Å². The van der Waals surface area contributed by atoms with Crippen LogP contribution in [0.25, 0.3) is 0 Å². The van der Waals surface area contributed by atoms with Crippen LogP contribution in [0.4, 0.5) is 4.79 Å². The number of thioether (sulfide) groups is 1. The summed E-state index contributed by atoms with van der Waals surface area (Å²) in [7, 11) is 1.61. The molecule has 0 bridgehead atoms. The van der Waals surface area contributed by atoms with Gasteiger partial charge in [-0.3, -0.25) is 10.1 Å². The average molecular weight is 268 g/mol. The maximum atomic E-state index is 11.4. The van der Waals surface area contributed by atoms with E-state index in [1.54, 1.807) is 14.0 Å². The van der Waals surface area contributed by atoms with Crippen LogP contribution in [0.3, 0.4) is 0 Å². The maximum Gasteiger partial charge on any atom is 0.318 e. The smallest absolute Gasteiger partial charge is 0.318 e. The van der Waals surface area contributed by atoms with Gasteiger partial charge in [-0.2, -0.15) is 0 Å². The van der Waals surface area contributed by atoms with Gasteiger partial charge in [0.05, 0.1) is 12.4 Å². The van der Waals surface area contributed by atoms with Crippen LogP contribution in [-0.4, -0.2) is 24.3 Å². The molecule has 0 aromatic heterocycles. The maximum absolute atomic E-state index is 11.4. The first-order chi connectivity index (χ1) is 8.52. The minimum absolute atomic E-state index is 0.344. The van der Waals surface area contributed by atoms with E-state index in [0.717, 1.165) is 11.3 Å². The third-order valence-electron chi connectivity index (χ3n) is 2.25. The van der Waals surface area contributed by atoms with Gasteiger partial charge in [-0.25, -0.2) is 4.79 Å². The number of methoxy groups -OCH3 is 1. The Morgan fingerprint density at radius 1 is 1.50 bits per heavy atom. The molecule has 0 fully saturated rings. The van der Waals surface area contributed by atoms with Crippen molar-refractivity contribution < 1.29 is 14.3 Å². The fourth-order valence-corrected chi connectivity index (χ4v) is 2.11. The number of ether oxygens (including phenoxy) is 1. The molecule has 3 N–H and O–H groups in total. The molecule has 0 radical (unpaired) electrons. The monoisotopic (exact) mass is 268 g/mol. The summed E-state index contributed by atoms with van der Waals surface area (Å²) in [6, 6.07) is 6.79. The van der Waals surface area contributed by atoms with Crippen molar-refractivity contribution in [1.82, 2.24) is 5.32 Å². The molecule has 0 aliphatic rings. The van der Waals surface area contributed by atoms with E-state index in [-0.39, 0.29) is 11.2 Å². The first-order valence-electron chi connectivity index (χ1n) is 5.37. The minimum atomic E-state index is -0.825. The standard InChI is InChI=1S/C12H16N2O3S/c1-8(11(15)14-12(13)16)18-7-9-4-3-5-10(6-9)17-2/h3-6,8H,7H2,1-2H3,(H3,13,14,15,16)/t8-/m1/s1. The molecule has 0 aliphatic carbocycles. The van der Waals surface area contributed by atoms with Crippen LogP contribution < -0.4 is 15.8 Å². The molecule has 0 saturated heterocycles. The van der Waals surface area contributed by atoms with Crippen LogP contribution in [0, 0.1) is 0 Å². The van der Waals surface area contributed by atoms with Crippen LogP contribution in [0.1, 0.15) is 12.5 Å². The van der Waals surface area contributed by atoms with Crippen molar-refractivity contribution in [2.45, 2.75) is 17.9 Å². The van der Waals surface area contributed by atoms with E-state index in [1.807, 2.05) is 24.3 Å². The molecule has 18 heavy (non-hydrogen) atoms. The molecule has 5 nitrogen and oxygen atoms in total. The Kier molecular flexibility index (Phi) is 5.51. The van der Waals surface area contributed by atoms with E-state index in [2.05, 4.69) is 5.32 Å². The van der Waals surface area contributed by atoms with Gasteiger partial charge >= 0.3 is 6.03 Å². The summed E-state index contributed by atoms with van der Waals surface area (Å²) < 4.78 is 5.11. The summed E-state index contributed by atoms with van der Waals surface area (Å²) in [5, 5.41) is 1.71.